The van der Waals surface area contributed by atoms with Crippen LogP contribution in [0, 0.1) is 0 Å². The van der Waals surface area contributed by atoms with E-state index in [1.54, 1.807) is 0 Å². The van der Waals surface area contributed by atoms with Crippen molar-refractivity contribution in [2.24, 2.45) is 0 Å². The van der Waals surface area contributed by atoms with Crippen molar-refractivity contribution in [2.75, 3.05) is 13.2 Å². The molecule has 0 radical (unpaired) electrons. The Labute approximate surface area is 82.5 Å². The minimum atomic E-state index is 0.752. The van der Waals surface area contributed by atoms with Gasteiger partial charge in [0.2, 0.25) is 0 Å². The van der Waals surface area contributed by atoms with Gasteiger partial charge in [0.1, 0.15) is 0 Å². The second kappa shape index (κ2) is 11.9. The number of unbranched alkanes of at least 4 members (excludes halogenated alkanes) is 5. The molecule has 0 rings (SSSR count). The van der Waals surface area contributed by atoms with Crippen LogP contribution in [0.3, 0.4) is 0 Å². The summed E-state index contributed by atoms with van der Waals surface area (Å²) >= 11 is 0. The van der Waals surface area contributed by atoms with E-state index >= 15 is 0 Å². The van der Waals surface area contributed by atoms with Crippen molar-refractivity contribution in [2.45, 2.75) is 58.8 Å². The van der Waals surface area contributed by atoms with Crippen molar-refractivity contribution in [1.82, 2.24) is 0 Å². The molecule has 0 heterocycles. The molecule has 0 saturated carbocycles. The van der Waals surface area contributed by atoms with Gasteiger partial charge in [-0.2, -0.15) is 0 Å². The molecule has 0 fully saturated rings. The average Bonchev–Trinajstić information content (AvgIpc) is 2.16. The topological polar surface area (TPSA) is 18.5 Å². The minimum absolute atomic E-state index is 0.752. The van der Waals surface area contributed by atoms with Crippen LogP contribution >= 0.6 is 0 Å². The predicted octanol–water partition coefficient (Wildman–Crippen LogP) is 3.71. The highest BCUT2D eigenvalue weighted by molar-refractivity contribution is 4.37. The maximum absolute atomic E-state index is 5.03. The van der Waals surface area contributed by atoms with Gasteiger partial charge in [-0.25, -0.2) is 9.78 Å². The highest BCUT2D eigenvalue weighted by Crippen LogP contribution is 2.00. The third kappa shape index (κ3) is 11.9. The molecule has 0 saturated heterocycles. The zero-order valence-corrected chi connectivity index (χ0v) is 9.18. The summed E-state index contributed by atoms with van der Waals surface area (Å²) in [6.45, 7) is 5.90. The smallest absolute Gasteiger partial charge is 0.0822 e. The standard InChI is InChI=1S/C11H24O2/c1-3-5-7-9-11-13-12-10-8-6-4-2/h3-11H2,1-2H3. The largest absolute Gasteiger partial charge is 0.237 e. The molecule has 2 nitrogen and oxygen atoms in total. The van der Waals surface area contributed by atoms with Gasteiger partial charge in [-0.05, 0) is 12.8 Å². The lowest BCUT2D eigenvalue weighted by Gasteiger charge is -2.02. The van der Waals surface area contributed by atoms with Gasteiger partial charge in [-0.15, -0.1) is 0 Å². The van der Waals surface area contributed by atoms with Crippen LogP contribution in [0.25, 0.3) is 0 Å². The Hall–Kier alpha value is -0.0800. The molecule has 0 atom stereocenters. The molecule has 2 heteroatoms. The van der Waals surface area contributed by atoms with Crippen LogP contribution < -0.4 is 0 Å². The zero-order valence-electron chi connectivity index (χ0n) is 9.18. The molecule has 0 aliphatic heterocycles. The second-order valence-corrected chi connectivity index (χ2v) is 3.41. The highest BCUT2D eigenvalue weighted by Gasteiger charge is 1.90. The number of hydrogen-bond donors (Lipinski definition) is 0. The summed E-state index contributed by atoms with van der Waals surface area (Å²) in [5, 5.41) is 0. The van der Waals surface area contributed by atoms with Gasteiger partial charge in [-0.1, -0.05) is 46.0 Å². The van der Waals surface area contributed by atoms with E-state index in [2.05, 4.69) is 13.8 Å². The van der Waals surface area contributed by atoms with Crippen molar-refractivity contribution in [1.29, 1.82) is 0 Å². The lowest BCUT2D eigenvalue weighted by molar-refractivity contribution is -0.295. The fraction of sp³-hybridized carbons (Fsp3) is 1.00. The normalized spacial score (nSPS) is 10.6. The highest BCUT2D eigenvalue weighted by atomic mass is 17.2. The van der Waals surface area contributed by atoms with Gasteiger partial charge in [0.25, 0.3) is 0 Å². The summed E-state index contributed by atoms with van der Waals surface area (Å²) < 4.78 is 0. The first-order valence-corrected chi connectivity index (χ1v) is 5.66. The van der Waals surface area contributed by atoms with Gasteiger partial charge in [0, 0.05) is 0 Å². The summed E-state index contributed by atoms with van der Waals surface area (Å²) in [5.41, 5.74) is 0. The van der Waals surface area contributed by atoms with Gasteiger partial charge >= 0.3 is 0 Å². The van der Waals surface area contributed by atoms with Crippen molar-refractivity contribution in [3.05, 3.63) is 0 Å². The van der Waals surface area contributed by atoms with Crippen LogP contribution in [0.2, 0.25) is 0 Å². The Kier molecular flexibility index (Phi) is 11.8. The van der Waals surface area contributed by atoms with Crippen LogP contribution in [0.15, 0.2) is 0 Å². The van der Waals surface area contributed by atoms with Crippen molar-refractivity contribution in [3.8, 4) is 0 Å². The molecular formula is C11H24O2. The Bertz CT molecular complexity index is 74.2. The molecule has 13 heavy (non-hydrogen) atoms. The quantitative estimate of drug-likeness (QED) is 0.295. The van der Waals surface area contributed by atoms with Crippen LogP contribution in [-0.4, -0.2) is 13.2 Å². The third-order valence-electron chi connectivity index (χ3n) is 2.00. The molecule has 0 aromatic rings. The van der Waals surface area contributed by atoms with Crippen LogP contribution in [0.1, 0.15) is 58.8 Å². The molecule has 0 spiro atoms. The summed E-state index contributed by atoms with van der Waals surface area (Å²) in [7, 11) is 0. The second-order valence-electron chi connectivity index (χ2n) is 3.41. The van der Waals surface area contributed by atoms with Gasteiger partial charge in [0.15, 0.2) is 0 Å². The van der Waals surface area contributed by atoms with Crippen LogP contribution in [0.5, 0.6) is 0 Å². The first-order valence-electron chi connectivity index (χ1n) is 5.66. The number of hydrogen-bond acceptors (Lipinski definition) is 2. The summed E-state index contributed by atoms with van der Waals surface area (Å²) in [5.74, 6) is 0. The van der Waals surface area contributed by atoms with Gasteiger partial charge in [-0.3, -0.25) is 0 Å². The van der Waals surface area contributed by atoms with E-state index in [4.69, 9.17) is 9.78 Å². The van der Waals surface area contributed by atoms with Crippen molar-refractivity contribution in [3.63, 3.8) is 0 Å². The third-order valence-corrected chi connectivity index (χ3v) is 2.00. The van der Waals surface area contributed by atoms with Crippen LogP contribution in [0.4, 0.5) is 0 Å². The van der Waals surface area contributed by atoms with E-state index in [-0.39, 0.29) is 0 Å². The number of rotatable bonds is 10. The molecule has 80 valence electrons. The maximum Gasteiger partial charge on any atom is 0.0822 e. The van der Waals surface area contributed by atoms with E-state index in [0.29, 0.717) is 0 Å². The Morgan fingerprint density at radius 3 is 1.62 bits per heavy atom. The predicted molar refractivity (Wildman–Crippen MR) is 55.6 cm³/mol. The lowest BCUT2D eigenvalue weighted by Crippen LogP contribution is -1.98. The lowest BCUT2D eigenvalue weighted by atomic mass is 10.2. The molecule has 0 amide bonds. The Balaban J connectivity index is 2.76. The van der Waals surface area contributed by atoms with Crippen molar-refractivity contribution >= 4 is 0 Å². The monoisotopic (exact) mass is 188 g/mol. The molecule has 0 aliphatic rings. The van der Waals surface area contributed by atoms with E-state index in [1.807, 2.05) is 0 Å². The summed E-state index contributed by atoms with van der Waals surface area (Å²) in [6.07, 6.45) is 8.55. The van der Waals surface area contributed by atoms with E-state index in [1.165, 1.54) is 32.1 Å². The Morgan fingerprint density at radius 1 is 0.615 bits per heavy atom. The summed E-state index contributed by atoms with van der Waals surface area (Å²) in [6, 6.07) is 0. The maximum atomic E-state index is 5.03. The van der Waals surface area contributed by atoms with E-state index < -0.39 is 0 Å². The molecule has 0 bridgehead atoms. The molecule has 0 aromatic carbocycles. The van der Waals surface area contributed by atoms with Crippen molar-refractivity contribution < 1.29 is 9.78 Å². The first-order chi connectivity index (χ1) is 6.41. The fourth-order valence-corrected chi connectivity index (χ4v) is 1.12. The molecule has 0 aliphatic carbocycles. The molecule has 0 aromatic heterocycles. The summed E-state index contributed by atoms with van der Waals surface area (Å²) in [4.78, 5) is 10.0. The minimum Gasteiger partial charge on any atom is -0.237 e. The van der Waals surface area contributed by atoms with E-state index in [0.717, 1.165) is 26.1 Å². The molecule has 0 unspecified atom stereocenters. The molecular weight excluding hydrogens is 164 g/mol. The fourth-order valence-electron chi connectivity index (χ4n) is 1.12. The average molecular weight is 188 g/mol. The first kappa shape index (κ1) is 12.9. The SMILES string of the molecule is CCCCCCOOCCCCC. The van der Waals surface area contributed by atoms with E-state index in [9.17, 15) is 0 Å². The van der Waals surface area contributed by atoms with Gasteiger partial charge in [0.05, 0.1) is 13.2 Å². The zero-order chi connectivity index (χ0) is 9.78. The molecule has 0 N–H and O–H groups in total. The van der Waals surface area contributed by atoms with Crippen LogP contribution in [-0.2, 0) is 9.78 Å². The Morgan fingerprint density at radius 2 is 1.08 bits per heavy atom. The van der Waals surface area contributed by atoms with Gasteiger partial charge < -0.3 is 0 Å².